The first-order valence-electron chi connectivity index (χ1n) is 12.4. The number of urea groups is 2. The van der Waals surface area contributed by atoms with Crippen molar-refractivity contribution in [3.63, 3.8) is 0 Å². The second kappa shape index (κ2) is 13.5. The molecule has 0 heterocycles. The molecule has 7 heteroatoms. The molecule has 38 heavy (non-hydrogen) atoms. The minimum Gasteiger partial charge on any atom is -0.489 e. The standard InChI is InChI=1S/C31H31N3O4/c1-32-30(35)34(31(36)33-18-17-24-11-5-2-6-12-24)27-19-28(37-22-25-13-7-3-8-14-25)21-29(20-27)38-23-26-15-9-4-10-16-26/h2-16,19-21H,17-18,22-23H2,1H3,(H,32,35)(H,33,36). The number of nitrogens with one attached hydrogen (secondary N) is 2. The first-order chi connectivity index (χ1) is 18.6. The summed E-state index contributed by atoms with van der Waals surface area (Å²) in [4.78, 5) is 27.1. The van der Waals surface area contributed by atoms with Crippen molar-refractivity contribution in [2.24, 2.45) is 0 Å². The molecule has 7 nitrogen and oxygen atoms in total. The van der Waals surface area contributed by atoms with Gasteiger partial charge in [-0.15, -0.1) is 0 Å². The van der Waals surface area contributed by atoms with Crippen molar-refractivity contribution in [3.8, 4) is 11.5 Å². The van der Waals surface area contributed by atoms with Gasteiger partial charge in [-0.3, -0.25) is 0 Å². The van der Waals surface area contributed by atoms with Gasteiger partial charge in [0.2, 0.25) is 0 Å². The molecule has 0 aliphatic carbocycles. The summed E-state index contributed by atoms with van der Waals surface area (Å²) in [6.45, 7) is 1.02. The largest absolute Gasteiger partial charge is 0.489 e. The van der Waals surface area contributed by atoms with Crippen LogP contribution in [0.2, 0.25) is 0 Å². The lowest BCUT2D eigenvalue weighted by Crippen LogP contribution is -2.48. The van der Waals surface area contributed by atoms with E-state index in [1.54, 1.807) is 18.2 Å². The molecular weight excluding hydrogens is 478 g/mol. The molecule has 0 unspecified atom stereocenters. The molecule has 4 amide bonds. The van der Waals surface area contributed by atoms with Crippen molar-refractivity contribution in [3.05, 3.63) is 126 Å². The lowest BCUT2D eigenvalue weighted by atomic mass is 10.1. The molecule has 0 aliphatic heterocycles. The summed E-state index contributed by atoms with van der Waals surface area (Å²) in [5, 5.41) is 5.40. The van der Waals surface area contributed by atoms with Crippen LogP contribution in [0.3, 0.4) is 0 Å². The Balaban J connectivity index is 1.55. The number of carbonyl (C=O) groups is 2. The van der Waals surface area contributed by atoms with Crippen molar-refractivity contribution in [2.45, 2.75) is 19.6 Å². The van der Waals surface area contributed by atoms with Crippen LogP contribution in [0.1, 0.15) is 16.7 Å². The fraction of sp³-hybridized carbons (Fsp3) is 0.161. The summed E-state index contributed by atoms with van der Waals surface area (Å²) in [6.07, 6.45) is 0.639. The smallest absolute Gasteiger partial charge is 0.330 e. The van der Waals surface area contributed by atoms with E-state index in [-0.39, 0.29) is 0 Å². The van der Waals surface area contributed by atoms with Crippen molar-refractivity contribution < 1.29 is 19.1 Å². The number of anilines is 1. The molecule has 0 aromatic heterocycles. The molecule has 2 N–H and O–H groups in total. The molecule has 0 radical (unpaired) electrons. The normalized spacial score (nSPS) is 10.3. The molecule has 0 fully saturated rings. The lowest BCUT2D eigenvalue weighted by molar-refractivity contribution is 0.235. The van der Waals surface area contributed by atoms with Crippen molar-refractivity contribution in [2.75, 3.05) is 18.5 Å². The average Bonchev–Trinajstić information content (AvgIpc) is 2.96. The Hall–Kier alpha value is -4.78. The maximum absolute atomic E-state index is 13.2. The summed E-state index contributed by atoms with van der Waals surface area (Å²) in [7, 11) is 1.48. The van der Waals surface area contributed by atoms with Gasteiger partial charge in [0.15, 0.2) is 0 Å². The third-order valence-electron chi connectivity index (χ3n) is 5.77. The molecule has 194 valence electrons. The first kappa shape index (κ1) is 26.3. The quantitative estimate of drug-likeness (QED) is 0.277. The molecule has 4 aromatic rings. The minimum absolute atomic E-state index is 0.325. The Morgan fingerprint density at radius 3 is 1.61 bits per heavy atom. The SMILES string of the molecule is CNC(=O)N(C(=O)NCCc1ccccc1)c1cc(OCc2ccccc2)cc(OCc2ccccc2)c1. The molecule has 0 aliphatic rings. The first-order valence-corrected chi connectivity index (χ1v) is 12.4. The number of amides is 4. The van der Waals surface area contributed by atoms with Gasteiger partial charge in [-0.2, -0.15) is 0 Å². The molecule has 0 spiro atoms. The summed E-state index contributed by atoms with van der Waals surface area (Å²) >= 11 is 0. The van der Waals surface area contributed by atoms with Gasteiger partial charge < -0.3 is 20.1 Å². The van der Waals surface area contributed by atoms with Gasteiger partial charge in [0, 0.05) is 31.8 Å². The fourth-order valence-electron chi connectivity index (χ4n) is 3.81. The number of nitrogens with zero attached hydrogens (tertiary/aromatic N) is 1. The van der Waals surface area contributed by atoms with Gasteiger partial charge in [-0.05, 0) is 23.1 Å². The highest BCUT2D eigenvalue weighted by Gasteiger charge is 2.24. The Labute approximate surface area is 223 Å². The second-order valence-electron chi connectivity index (χ2n) is 8.57. The van der Waals surface area contributed by atoms with E-state index in [1.807, 2.05) is 91.0 Å². The maximum atomic E-state index is 13.2. The number of benzene rings is 4. The molecule has 4 aromatic carbocycles. The molecule has 0 bridgehead atoms. The summed E-state index contributed by atoms with van der Waals surface area (Å²) in [6, 6.07) is 33.3. The van der Waals surface area contributed by atoms with Gasteiger partial charge >= 0.3 is 12.1 Å². The number of ether oxygens (including phenoxy) is 2. The second-order valence-corrected chi connectivity index (χ2v) is 8.57. The van der Waals surface area contributed by atoms with Gasteiger partial charge in [0.1, 0.15) is 24.7 Å². The molecule has 0 saturated heterocycles. The summed E-state index contributed by atoms with van der Waals surface area (Å²) in [5.41, 5.74) is 3.40. The summed E-state index contributed by atoms with van der Waals surface area (Å²) < 4.78 is 12.1. The Bertz CT molecular complexity index is 1250. The number of carbonyl (C=O) groups excluding carboxylic acids is 2. The highest BCUT2D eigenvalue weighted by Crippen LogP contribution is 2.30. The lowest BCUT2D eigenvalue weighted by Gasteiger charge is -2.22. The van der Waals surface area contributed by atoms with Crippen LogP contribution in [0.4, 0.5) is 15.3 Å². The third kappa shape index (κ3) is 7.61. The maximum Gasteiger partial charge on any atom is 0.330 e. The number of hydrogen-bond acceptors (Lipinski definition) is 4. The van der Waals surface area contributed by atoms with Crippen LogP contribution in [0.25, 0.3) is 0 Å². The number of rotatable bonds is 10. The van der Waals surface area contributed by atoms with E-state index in [9.17, 15) is 9.59 Å². The Morgan fingerprint density at radius 2 is 1.13 bits per heavy atom. The zero-order valence-electron chi connectivity index (χ0n) is 21.3. The van der Waals surface area contributed by atoms with Crippen molar-refractivity contribution in [1.82, 2.24) is 10.6 Å². The van der Waals surface area contributed by atoms with E-state index in [0.29, 0.717) is 43.4 Å². The van der Waals surface area contributed by atoms with Gasteiger partial charge in [-0.1, -0.05) is 91.0 Å². The van der Waals surface area contributed by atoms with E-state index in [4.69, 9.17) is 9.47 Å². The van der Waals surface area contributed by atoms with E-state index in [2.05, 4.69) is 10.6 Å². The molecular formula is C31H31N3O4. The van der Waals surface area contributed by atoms with E-state index >= 15 is 0 Å². The van der Waals surface area contributed by atoms with Crippen LogP contribution in [0.5, 0.6) is 11.5 Å². The third-order valence-corrected chi connectivity index (χ3v) is 5.77. The van der Waals surface area contributed by atoms with Crippen LogP contribution in [0.15, 0.2) is 109 Å². The molecule has 0 saturated carbocycles. The predicted octanol–water partition coefficient (Wildman–Crippen LogP) is 5.94. The van der Waals surface area contributed by atoms with Crippen LogP contribution >= 0.6 is 0 Å². The predicted molar refractivity (Wildman–Crippen MR) is 148 cm³/mol. The fourth-order valence-corrected chi connectivity index (χ4v) is 3.81. The van der Waals surface area contributed by atoms with Crippen LogP contribution in [-0.2, 0) is 19.6 Å². The van der Waals surface area contributed by atoms with Crippen molar-refractivity contribution in [1.29, 1.82) is 0 Å². The highest BCUT2D eigenvalue weighted by atomic mass is 16.5. The average molecular weight is 510 g/mol. The zero-order chi connectivity index (χ0) is 26.6. The minimum atomic E-state index is -0.573. The topological polar surface area (TPSA) is 79.9 Å². The van der Waals surface area contributed by atoms with Gasteiger partial charge in [0.05, 0.1) is 5.69 Å². The highest BCUT2D eigenvalue weighted by molar-refractivity contribution is 6.13. The van der Waals surface area contributed by atoms with Crippen molar-refractivity contribution >= 4 is 17.7 Å². The van der Waals surface area contributed by atoms with Crippen LogP contribution < -0.4 is 25.0 Å². The monoisotopic (exact) mass is 509 g/mol. The zero-order valence-corrected chi connectivity index (χ0v) is 21.3. The van der Waals surface area contributed by atoms with Gasteiger partial charge in [-0.25, -0.2) is 14.5 Å². The van der Waals surface area contributed by atoms with Crippen LogP contribution in [-0.4, -0.2) is 25.7 Å². The number of hydrogen-bond donors (Lipinski definition) is 2. The Kier molecular flexibility index (Phi) is 9.34. The Morgan fingerprint density at radius 1 is 0.658 bits per heavy atom. The van der Waals surface area contributed by atoms with E-state index in [1.165, 1.54) is 7.05 Å². The molecule has 4 rings (SSSR count). The number of imide groups is 1. The van der Waals surface area contributed by atoms with E-state index in [0.717, 1.165) is 21.6 Å². The molecule has 0 atom stereocenters. The van der Waals surface area contributed by atoms with Gasteiger partial charge in [0.25, 0.3) is 0 Å². The van der Waals surface area contributed by atoms with E-state index < -0.39 is 12.1 Å². The summed E-state index contributed by atoms with van der Waals surface area (Å²) in [5.74, 6) is 0.945. The van der Waals surface area contributed by atoms with Crippen LogP contribution in [0, 0.1) is 0 Å².